The van der Waals surface area contributed by atoms with E-state index >= 15 is 0 Å². The Morgan fingerprint density at radius 1 is 1.48 bits per heavy atom. The Hall–Kier alpha value is -0.920. The summed E-state index contributed by atoms with van der Waals surface area (Å²) in [5.74, 6) is 0.248. The fourth-order valence-electron chi connectivity index (χ4n) is 2.31. The molecule has 0 aromatic heterocycles. The molecule has 1 aliphatic rings. The maximum atomic E-state index is 11.8. The van der Waals surface area contributed by atoms with Crippen LogP contribution in [0.25, 0.3) is 0 Å². The Bertz CT molecular complexity index is 448. The van der Waals surface area contributed by atoms with Crippen LogP contribution in [0.5, 0.6) is 0 Å². The molecular weight excluding hydrogens is 290 g/mol. The van der Waals surface area contributed by atoms with E-state index in [0.717, 1.165) is 25.9 Å². The van der Waals surface area contributed by atoms with Crippen molar-refractivity contribution in [2.45, 2.75) is 31.9 Å². The molecule has 2 N–H and O–H groups in total. The molecule has 6 nitrogen and oxygen atoms in total. The average Bonchev–Trinajstić information content (AvgIpc) is 2.43. The Morgan fingerprint density at radius 2 is 2.19 bits per heavy atom. The fraction of sp³-hybridized carbons (Fsp3) is 0.786. The summed E-state index contributed by atoms with van der Waals surface area (Å²) in [5, 5.41) is 2.34. The summed E-state index contributed by atoms with van der Waals surface area (Å²) in [5.41, 5.74) is 0. The number of piperidine rings is 1. The monoisotopic (exact) mass is 317 g/mol. The van der Waals surface area contributed by atoms with E-state index in [-0.39, 0.29) is 11.8 Å². The first-order valence-corrected chi connectivity index (χ1v) is 8.98. The molecule has 0 bridgehead atoms. The molecule has 1 fully saturated rings. The molecule has 0 radical (unpaired) electrons. The van der Waals surface area contributed by atoms with Gasteiger partial charge >= 0.3 is 0 Å². The molecule has 0 aromatic rings. The van der Waals surface area contributed by atoms with Crippen LogP contribution in [-0.4, -0.2) is 57.2 Å². The number of amides is 1. The van der Waals surface area contributed by atoms with Crippen molar-refractivity contribution >= 4 is 15.9 Å². The maximum Gasteiger partial charge on any atom is 0.234 e. The van der Waals surface area contributed by atoms with Crippen LogP contribution in [0.3, 0.4) is 0 Å². The van der Waals surface area contributed by atoms with E-state index in [1.165, 1.54) is 0 Å². The number of nitrogens with one attached hydrogen (secondary N) is 2. The van der Waals surface area contributed by atoms with Crippen LogP contribution in [0, 0.1) is 5.92 Å². The summed E-state index contributed by atoms with van der Waals surface area (Å²) in [6.07, 6.45) is 3.63. The van der Waals surface area contributed by atoms with Gasteiger partial charge in [-0.2, -0.15) is 0 Å². The summed E-state index contributed by atoms with van der Waals surface area (Å²) in [6, 6.07) is 0. The van der Waals surface area contributed by atoms with Crippen LogP contribution in [0.15, 0.2) is 12.7 Å². The highest BCUT2D eigenvalue weighted by Crippen LogP contribution is 2.16. The van der Waals surface area contributed by atoms with E-state index in [4.69, 9.17) is 0 Å². The summed E-state index contributed by atoms with van der Waals surface area (Å²) in [4.78, 5) is 13.8. The minimum atomic E-state index is -3.21. The molecule has 0 unspecified atom stereocenters. The Kier molecular flexibility index (Phi) is 7.34. The van der Waals surface area contributed by atoms with Crippen LogP contribution < -0.4 is 10.0 Å². The van der Waals surface area contributed by atoms with E-state index < -0.39 is 15.3 Å². The van der Waals surface area contributed by atoms with E-state index in [2.05, 4.69) is 21.5 Å². The smallest absolute Gasteiger partial charge is 0.234 e. The lowest BCUT2D eigenvalue weighted by Gasteiger charge is -2.32. The zero-order valence-corrected chi connectivity index (χ0v) is 13.8. The minimum Gasteiger partial charge on any atom is -0.352 e. The zero-order chi connectivity index (χ0) is 15.9. The van der Waals surface area contributed by atoms with Gasteiger partial charge < -0.3 is 5.32 Å². The van der Waals surface area contributed by atoms with Crippen molar-refractivity contribution in [1.29, 1.82) is 0 Å². The quantitative estimate of drug-likeness (QED) is 0.632. The molecular formula is C14H27N3O3S. The zero-order valence-electron chi connectivity index (χ0n) is 13.0. The first kappa shape index (κ1) is 18.1. The van der Waals surface area contributed by atoms with Crippen molar-refractivity contribution in [1.82, 2.24) is 14.9 Å². The lowest BCUT2D eigenvalue weighted by Crippen LogP contribution is -2.45. The number of hydrogen-bond acceptors (Lipinski definition) is 4. The number of sulfonamides is 1. The van der Waals surface area contributed by atoms with Gasteiger partial charge in [0.25, 0.3) is 0 Å². The third-order valence-electron chi connectivity index (χ3n) is 3.61. The van der Waals surface area contributed by atoms with Gasteiger partial charge in [-0.25, -0.2) is 13.1 Å². The number of rotatable bonds is 8. The lowest BCUT2D eigenvalue weighted by atomic mass is 9.98. The Balaban J connectivity index is 2.38. The molecule has 7 heteroatoms. The predicted molar refractivity (Wildman–Crippen MR) is 84.4 cm³/mol. The topological polar surface area (TPSA) is 78.5 Å². The fourth-order valence-corrected chi connectivity index (χ4v) is 3.11. The van der Waals surface area contributed by atoms with Gasteiger partial charge in [-0.1, -0.05) is 6.08 Å². The molecule has 0 aromatic carbocycles. The van der Waals surface area contributed by atoms with Gasteiger partial charge in [-0.3, -0.25) is 9.69 Å². The Labute approximate surface area is 128 Å². The largest absolute Gasteiger partial charge is 0.352 e. The Morgan fingerprint density at radius 3 is 2.81 bits per heavy atom. The van der Waals surface area contributed by atoms with E-state index in [9.17, 15) is 13.2 Å². The van der Waals surface area contributed by atoms with Gasteiger partial charge in [0.1, 0.15) is 0 Å². The number of likely N-dealkylation sites (tertiary alicyclic amines) is 1. The molecule has 0 aliphatic carbocycles. The minimum absolute atomic E-state index is 0.0155. The molecule has 122 valence electrons. The van der Waals surface area contributed by atoms with Gasteiger partial charge in [-0.05, 0) is 39.2 Å². The molecule has 0 saturated carbocycles. The van der Waals surface area contributed by atoms with E-state index in [1.807, 2.05) is 0 Å². The molecule has 1 atom stereocenters. The van der Waals surface area contributed by atoms with Crippen LogP contribution in [0.4, 0.5) is 0 Å². The molecule has 1 saturated heterocycles. The molecule has 0 spiro atoms. The molecule has 1 rings (SSSR count). The van der Waals surface area contributed by atoms with Crippen molar-refractivity contribution in [2.75, 3.05) is 32.7 Å². The van der Waals surface area contributed by atoms with Gasteiger partial charge in [0.2, 0.25) is 15.9 Å². The molecule has 1 amide bonds. The van der Waals surface area contributed by atoms with Gasteiger partial charge in [0, 0.05) is 19.6 Å². The third kappa shape index (κ3) is 6.58. The van der Waals surface area contributed by atoms with E-state index in [0.29, 0.717) is 19.6 Å². The van der Waals surface area contributed by atoms with E-state index in [1.54, 1.807) is 19.9 Å². The van der Waals surface area contributed by atoms with Crippen molar-refractivity contribution < 1.29 is 13.2 Å². The van der Waals surface area contributed by atoms with Gasteiger partial charge in [-0.15, -0.1) is 6.58 Å². The lowest BCUT2D eigenvalue weighted by molar-refractivity contribution is -0.122. The van der Waals surface area contributed by atoms with Crippen molar-refractivity contribution in [3.8, 4) is 0 Å². The summed E-state index contributed by atoms with van der Waals surface area (Å²) < 4.78 is 26.2. The molecule has 1 aliphatic heterocycles. The SMILES string of the molecule is C=CCNC(=O)CN1CCC[C@@H](CNS(=O)(=O)C(C)C)C1. The van der Waals surface area contributed by atoms with Crippen LogP contribution in [0.1, 0.15) is 26.7 Å². The molecule has 21 heavy (non-hydrogen) atoms. The van der Waals surface area contributed by atoms with Gasteiger partial charge in [0.05, 0.1) is 11.8 Å². The highest BCUT2D eigenvalue weighted by Gasteiger charge is 2.23. The second-order valence-electron chi connectivity index (χ2n) is 5.78. The number of nitrogens with zero attached hydrogens (tertiary/aromatic N) is 1. The van der Waals surface area contributed by atoms with Crippen molar-refractivity contribution in [2.24, 2.45) is 5.92 Å². The first-order valence-electron chi connectivity index (χ1n) is 7.43. The second-order valence-corrected chi connectivity index (χ2v) is 8.10. The first-order chi connectivity index (χ1) is 9.85. The van der Waals surface area contributed by atoms with Gasteiger partial charge in [0.15, 0.2) is 0 Å². The third-order valence-corrected chi connectivity index (χ3v) is 5.42. The van der Waals surface area contributed by atoms with Crippen LogP contribution >= 0.6 is 0 Å². The normalized spacial score (nSPS) is 20.4. The maximum absolute atomic E-state index is 11.8. The highest BCUT2D eigenvalue weighted by atomic mass is 32.2. The molecule has 1 heterocycles. The second kappa shape index (κ2) is 8.51. The number of carbonyl (C=O) groups excluding carboxylic acids is 1. The standard InChI is InChI=1S/C14H27N3O3S/c1-4-7-15-14(18)11-17-8-5-6-13(10-17)9-16-21(19,20)12(2)3/h4,12-13,16H,1,5-11H2,2-3H3,(H,15,18)/t13-/m0/s1. The average molecular weight is 317 g/mol. The number of carbonyl (C=O) groups is 1. The van der Waals surface area contributed by atoms with Crippen LogP contribution in [0.2, 0.25) is 0 Å². The van der Waals surface area contributed by atoms with Crippen LogP contribution in [-0.2, 0) is 14.8 Å². The highest BCUT2D eigenvalue weighted by molar-refractivity contribution is 7.90. The van der Waals surface area contributed by atoms with Crippen molar-refractivity contribution in [3.63, 3.8) is 0 Å². The predicted octanol–water partition coefficient (Wildman–Crippen LogP) is 0.328. The van der Waals surface area contributed by atoms with Crippen molar-refractivity contribution in [3.05, 3.63) is 12.7 Å². The number of hydrogen-bond donors (Lipinski definition) is 2. The summed E-state index contributed by atoms with van der Waals surface area (Å²) in [7, 11) is -3.21. The summed E-state index contributed by atoms with van der Waals surface area (Å²) in [6.45, 7) is 9.82. The summed E-state index contributed by atoms with van der Waals surface area (Å²) >= 11 is 0.